The normalized spacial score (nSPS) is 19.3. The second kappa shape index (κ2) is 10.6. The number of fused-ring (bicyclic) bond motifs is 1. The SMILES string of the molecule is CCCC1=Cc2c(ncc(C(=O)CCc3ccc(-n4ccnc4)cc3)c2NC2CCC(N)CC2)C1. The summed E-state index contributed by atoms with van der Waals surface area (Å²) in [7, 11) is 0. The standard InChI is InChI=1S/C29H35N5O/c1-2-3-21-16-25-27(17-21)32-18-26(29(25)33-23-9-7-22(30)8-10-23)28(35)13-6-20-4-11-24(12-5-20)34-15-14-31-19-34/h4-5,11-12,14-16,18-19,22-23H,2-3,6-10,13,17,30H2,1H3,(H,32,33). The van der Waals surface area contributed by atoms with Gasteiger partial charge in [0.25, 0.3) is 0 Å². The van der Waals surface area contributed by atoms with Crippen molar-refractivity contribution in [2.24, 2.45) is 5.73 Å². The molecule has 3 N–H and O–H groups in total. The molecule has 0 spiro atoms. The number of carbonyl (C=O) groups is 1. The smallest absolute Gasteiger partial charge is 0.166 e. The Balaban J connectivity index is 1.34. The number of hydrogen-bond donors (Lipinski definition) is 2. The Morgan fingerprint density at radius 2 is 1.94 bits per heavy atom. The molecule has 5 rings (SSSR count). The zero-order valence-corrected chi connectivity index (χ0v) is 20.5. The molecule has 0 atom stereocenters. The van der Waals surface area contributed by atoms with E-state index in [9.17, 15) is 4.79 Å². The number of nitrogens with two attached hydrogens (primary N) is 1. The van der Waals surface area contributed by atoms with E-state index in [0.717, 1.165) is 78.7 Å². The van der Waals surface area contributed by atoms with Crippen LogP contribution in [0, 0.1) is 0 Å². The van der Waals surface area contributed by atoms with Crippen molar-refractivity contribution in [2.75, 3.05) is 5.32 Å². The van der Waals surface area contributed by atoms with Crippen LogP contribution >= 0.6 is 0 Å². The summed E-state index contributed by atoms with van der Waals surface area (Å²) in [5.41, 5.74) is 13.7. The van der Waals surface area contributed by atoms with E-state index in [2.05, 4.69) is 47.6 Å². The highest BCUT2D eigenvalue weighted by Gasteiger charge is 2.26. The molecule has 6 nitrogen and oxygen atoms in total. The summed E-state index contributed by atoms with van der Waals surface area (Å²) < 4.78 is 1.97. The van der Waals surface area contributed by atoms with Crippen LogP contribution in [0.1, 0.15) is 79.0 Å². The fourth-order valence-electron chi connectivity index (χ4n) is 5.29. The first kappa shape index (κ1) is 23.5. The summed E-state index contributed by atoms with van der Waals surface area (Å²) in [6.07, 6.45) is 18.0. The van der Waals surface area contributed by atoms with Crippen molar-refractivity contribution >= 4 is 17.5 Å². The second-order valence-electron chi connectivity index (χ2n) is 9.95. The molecule has 0 bridgehead atoms. The maximum atomic E-state index is 13.5. The number of aryl methyl sites for hydroxylation is 1. The minimum absolute atomic E-state index is 0.145. The Hall–Kier alpha value is -3.25. The molecule has 182 valence electrons. The van der Waals surface area contributed by atoms with Crippen molar-refractivity contribution in [3.05, 3.63) is 77.1 Å². The average Bonchev–Trinajstić information content (AvgIpc) is 3.55. The third kappa shape index (κ3) is 5.38. The summed E-state index contributed by atoms with van der Waals surface area (Å²) in [6.45, 7) is 2.21. The molecule has 3 aromatic rings. The number of ketones is 1. The number of pyridine rings is 1. The number of aromatic nitrogens is 3. The molecule has 1 fully saturated rings. The quantitative estimate of drug-likeness (QED) is 0.404. The summed E-state index contributed by atoms with van der Waals surface area (Å²) >= 11 is 0. The molecule has 0 saturated heterocycles. The lowest BCUT2D eigenvalue weighted by Crippen LogP contribution is -2.33. The molecular weight excluding hydrogens is 434 g/mol. The predicted molar refractivity (Wildman–Crippen MR) is 141 cm³/mol. The average molecular weight is 470 g/mol. The number of nitrogens with zero attached hydrogens (tertiary/aromatic N) is 3. The second-order valence-corrected chi connectivity index (χ2v) is 9.95. The number of benzene rings is 1. The number of rotatable bonds is 9. The van der Waals surface area contributed by atoms with E-state index < -0.39 is 0 Å². The number of Topliss-reactive ketones (excluding diaryl/α,β-unsaturated/α-hetero) is 1. The van der Waals surface area contributed by atoms with Gasteiger partial charge in [0.05, 0.1) is 23.3 Å². The van der Waals surface area contributed by atoms with Crippen LogP contribution < -0.4 is 11.1 Å². The van der Waals surface area contributed by atoms with Gasteiger partial charge in [-0.25, -0.2) is 4.98 Å². The van der Waals surface area contributed by atoms with E-state index in [-0.39, 0.29) is 5.78 Å². The van der Waals surface area contributed by atoms with E-state index in [4.69, 9.17) is 10.7 Å². The topological polar surface area (TPSA) is 85.8 Å². The molecule has 0 amide bonds. The molecule has 0 unspecified atom stereocenters. The van der Waals surface area contributed by atoms with Crippen LogP contribution in [-0.4, -0.2) is 32.4 Å². The van der Waals surface area contributed by atoms with Crippen LogP contribution in [0.4, 0.5) is 5.69 Å². The van der Waals surface area contributed by atoms with Crippen molar-refractivity contribution in [3.8, 4) is 5.69 Å². The van der Waals surface area contributed by atoms with Crippen molar-refractivity contribution < 1.29 is 4.79 Å². The van der Waals surface area contributed by atoms with Crippen molar-refractivity contribution in [3.63, 3.8) is 0 Å². The van der Waals surface area contributed by atoms with Gasteiger partial charge in [-0.15, -0.1) is 0 Å². The van der Waals surface area contributed by atoms with Gasteiger partial charge < -0.3 is 15.6 Å². The highest BCUT2D eigenvalue weighted by Crippen LogP contribution is 2.36. The number of anilines is 1. The molecule has 2 aromatic heterocycles. The first-order valence-corrected chi connectivity index (χ1v) is 12.9. The fourth-order valence-corrected chi connectivity index (χ4v) is 5.29. The van der Waals surface area contributed by atoms with Crippen LogP contribution in [0.2, 0.25) is 0 Å². The third-order valence-electron chi connectivity index (χ3n) is 7.31. The molecular formula is C29H35N5O. The van der Waals surface area contributed by atoms with Gasteiger partial charge in [-0.2, -0.15) is 0 Å². The van der Waals surface area contributed by atoms with Gasteiger partial charge in [-0.05, 0) is 56.2 Å². The third-order valence-corrected chi connectivity index (χ3v) is 7.31. The highest BCUT2D eigenvalue weighted by molar-refractivity contribution is 6.03. The van der Waals surface area contributed by atoms with Crippen LogP contribution in [-0.2, 0) is 12.8 Å². The van der Waals surface area contributed by atoms with Crippen LogP contribution in [0.25, 0.3) is 11.8 Å². The Morgan fingerprint density at radius 3 is 2.66 bits per heavy atom. The van der Waals surface area contributed by atoms with Crippen molar-refractivity contribution in [1.29, 1.82) is 0 Å². The number of hydrogen-bond acceptors (Lipinski definition) is 5. The van der Waals surface area contributed by atoms with Gasteiger partial charge in [-0.1, -0.05) is 37.1 Å². The van der Waals surface area contributed by atoms with Gasteiger partial charge in [0, 0.05) is 54.8 Å². The molecule has 0 radical (unpaired) electrons. The molecule has 0 aliphatic heterocycles. The van der Waals surface area contributed by atoms with Crippen molar-refractivity contribution in [1.82, 2.24) is 14.5 Å². The highest BCUT2D eigenvalue weighted by atomic mass is 16.1. The Kier molecular flexibility index (Phi) is 7.09. The molecule has 1 aromatic carbocycles. The maximum absolute atomic E-state index is 13.5. The van der Waals surface area contributed by atoms with E-state index in [1.807, 2.05) is 17.0 Å². The first-order valence-electron chi connectivity index (χ1n) is 12.9. The summed E-state index contributed by atoms with van der Waals surface area (Å²) in [5, 5.41) is 3.77. The minimum Gasteiger partial charge on any atom is -0.381 e. The van der Waals surface area contributed by atoms with Crippen LogP contribution in [0.5, 0.6) is 0 Å². The molecule has 2 aliphatic rings. The minimum atomic E-state index is 0.145. The lowest BCUT2D eigenvalue weighted by Gasteiger charge is -2.29. The largest absolute Gasteiger partial charge is 0.381 e. The van der Waals surface area contributed by atoms with E-state index in [0.29, 0.717) is 24.9 Å². The van der Waals surface area contributed by atoms with Gasteiger partial charge in [0.2, 0.25) is 0 Å². The lowest BCUT2D eigenvalue weighted by atomic mass is 9.91. The zero-order chi connectivity index (χ0) is 24.2. The Bertz CT molecular complexity index is 1190. The van der Waals surface area contributed by atoms with Crippen LogP contribution in [0.15, 0.2) is 54.8 Å². The van der Waals surface area contributed by atoms with E-state index >= 15 is 0 Å². The summed E-state index contributed by atoms with van der Waals surface area (Å²) in [6, 6.07) is 8.97. The number of nitrogens with one attached hydrogen (secondary N) is 1. The maximum Gasteiger partial charge on any atom is 0.166 e. The fraction of sp³-hybridized carbons (Fsp3) is 0.414. The summed E-state index contributed by atoms with van der Waals surface area (Å²) in [4.78, 5) is 22.3. The molecule has 35 heavy (non-hydrogen) atoms. The predicted octanol–water partition coefficient (Wildman–Crippen LogP) is 5.50. The number of carbonyl (C=O) groups excluding carboxylic acids is 1. The molecule has 2 heterocycles. The first-order chi connectivity index (χ1) is 17.1. The molecule has 1 saturated carbocycles. The monoisotopic (exact) mass is 469 g/mol. The van der Waals surface area contributed by atoms with Gasteiger partial charge in [0.15, 0.2) is 5.78 Å². The molecule has 6 heteroatoms. The van der Waals surface area contributed by atoms with Gasteiger partial charge >= 0.3 is 0 Å². The lowest BCUT2D eigenvalue weighted by molar-refractivity contribution is 0.0983. The van der Waals surface area contributed by atoms with Crippen LogP contribution in [0.3, 0.4) is 0 Å². The number of imidazole rings is 1. The zero-order valence-electron chi connectivity index (χ0n) is 20.5. The van der Waals surface area contributed by atoms with E-state index in [1.165, 1.54) is 5.57 Å². The van der Waals surface area contributed by atoms with E-state index in [1.54, 1.807) is 12.5 Å². The summed E-state index contributed by atoms with van der Waals surface area (Å²) in [5.74, 6) is 0.145. The Morgan fingerprint density at radius 1 is 1.14 bits per heavy atom. The number of allylic oxidation sites excluding steroid dienone is 1. The molecule has 2 aliphatic carbocycles. The van der Waals surface area contributed by atoms with Crippen molar-refractivity contribution in [2.45, 2.75) is 76.8 Å². The van der Waals surface area contributed by atoms with Gasteiger partial charge in [0.1, 0.15) is 0 Å². The van der Waals surface area contributed by atoms with Gasteiger partial charge in [-0.3, -0.25) is 9.78 Å². The Labute approximate surface area is 207 Å².